The van der Waals surface area contributed by atoms with E-state index >= 15 is 0 Å². The van der Waals surface area contributed by atoms with Gasteiger partial charge in [0.15, 0.2) is 0 Å². The van der Waals surface area contributed by atoms with Crippen LogP contribution in [0.25, 0.3) is 0 Å². The summed E-state index contributed by atoms with van der Waals surface area (Å²) >= 11 is 12.9. The highest BCUT2D eigenvalue weighted by Gasteiger charge is 2.34. The van der Waals surface area contributed by atoms with E-state index in [1.165, 1.54) is 17.0 Å². The molecule has 39 heavy (non-hydrogen) atoms. The third kappa shape index (κ3) is 7.53. The molecule has 3 aromatic rings. The number of nitrogens with one attached hydrogen (secondary N) is 1. The predicted octanol–water partition coefficient (Wildman–Crippen LogP) is 5.83. The molecule has 208 valence electrons. The van der Waals surface area contributed by atoms with Gasteiger partial charge in [-0.25, -0.2) is 8.42 Å². The second-order valence-electron chi connectivity index (χ2n) is 9.47. The topological polar surface area (TPSA) is 86.8 Å². The van der Waals surface area contributed by atoms with Gasteiger partial charge in [-0.3, -0.25) is 13.9 Å². The number of carbonyl (C=O) groups excluding carboxylic acids is 2. The van der Waals surface area contributed by atoms with Crippen LogP contribution in [0.1, 0.15) is 38.3 Å². The lowest BCUT2D eigenvalue weighted by molar-refractivity contribution is -0.140. The molecular weight excluding hydrogens is 557 g/mol. The number of carbonyl (C=O) groups is 2. The molecule has 3 rings (SSSR count). The lowest BCUT2D eigenvalue weighted by Crippen LogP contribution is -2.53. The largest absolute Gasteiger partial charge is 0.352 e. The zero-order valence-corrected chi connectivity index (χ0v) is 24.7. The maximum atomic E-state index is 14.1. The molecule has 0 bridgehead atoms. The van der Waals surface area contributed by atoms with Crippen LogP contribution in [-0.2, 0) is 26.2 Å². The van der Waals surface area contributed by atoms with E-state index in [0.717, 1.165) is 9.87 Å². The molecular formula is C29H33Cl2N3O4S. The van der Waals surface area contributed by atoms with Gasteiger partial charge < -0.3 is 10.2 Å². The molecule has 0 aliphatic carbocycles. The van der Waals surface area contributed by atoms with Crippen molar-refractivity contribution in [2.24, 2.45) is 0 Å². The maximum Gasteiger partial charge on any atom is 0.264 e. The van der Waals surface area contributed by atoms with Crippen LogP contribution in [0, 0.1) is 6.92 Å². The Morgan fingerprint density at radius 2 is 1.54 bits per heavy atom. The first-order valence-electron chi connectivity index (χ1n) is 12.6. The van der Waals surface area contributed by atoms with Crippen molar-refractivity contribution >= 4 is 50.7 Å². The van der Waals surface area contributed by atoms with E-state index in [0.29, 0.717) is 27.7 Å². The highest BCUT2D eigenvalue weighted by Crippen LogP contribution is 2.29. The number of nitrogens with zero attached hydrogens (tertiary/aromatic N) is 2. The highest BCUT2D eigenvalue weighted by atomic mass is 35.5. The van der Waals surface area contributed by atoms with Gasteiger partial charge in [0, 0.05) is 28.2 Å². The first-order valence-corrected chi connectivity index (χ1v) is 14.8. The zero-order valence-electron chi connectivity index (χ0n) is 22.4. The monoisotopic (exact) mass is 589 g/mol. The molecule has 7 nitrogen and oxygen atoms in total. The van der Waals surface area contributed by atoms with Crippen LogP contribution < -0.4 is 9.62 Å². The fraction of sp³-hybridized carbons (Fsp3) is 0.310. The van der Waals surface area contributed by atoms with Crippen molar-refractivity contribution in [1.82, 2.24) is 10.2 Å². The van der Waals surface area contributed by atoms with Gasteiger partial charge in [-0.2, -0.15) is 0 Å². The Balaban J connectivity index is 2.10. The molecule has 1 atom stereocenters. The maximum absolute atomic E-state index is 14.1. The number of benzene rings is 3. The minimum absolute atomic E-state index is 0.0459. The number of aryl methyl sites for hydroxylation is 1. The van der Waals surface area contributed by atoms with E-state index in [2.05, 4.69) is 5.32 Å². The summed E-state index contributed by atoms with van der Waals surface area (Å²) in [5.74, 6) is -0.921. The molecule has 0 radical (unpaired) electrons. The number of hydrogen-bond acceptors (Lipinski definition) is 4. The smallest absolute Gasteiger partial charge is 0.264 e. The average molecular weight is 591 g/mol. The third-order valence-electron chi connectivity index (χ3n) is 6.11. The van der Waals surface area contributed by atoms with Crippen molar-refractivity contribution in [1.29, 1.82) is 0 Å². The first kappa shape index (κ1) is 30.5. The number of sulfonamides is 1. The highest BCUT2D eigenvalue weighted by molar-refractivity contribution is 7.92. The molecule has 2 amide bonds. The van der Waals surface area contributed by atoms with Crippen LogP contribution >= 0.6 is 23.2 Å². The van der Waals surface area contributed by atoms with Crippen LogP contribution in [-0.4, -0.2) is 43.8 Å². The summed E-state index contributed by atoms with van der Waals surface area (Å²) in [4.78, 5) is 28.7. The standard InChI is InChI=1S/C29H33Cl2N3O4S/c1-5-27(29(36)32-20(2)3)33(18-24-25(30)15-10-16-26(24)31)28(35)19-34(22-12-9-11-21(4)17-22)39(37,38)23-13-7-6-8-14-23/h6-17,20,27H,5,18-19H2,1-4H3,(H,32,36)/t27-/m1/s1. The summed E-state index contributed by atoms with van der Waals surface area (Å²) < 4.78 is 28.7. The molecule has 0 saturated carbocycles. The molecule has 3 aromatic carbocycles. The fourth-order valence-corrected chi connectivity index (χ4v) is 6.13. The van der Waals surface area contributed by atoms with Crippen LogP contribution in [0.5, 0.6) is 0 Å². The van der Waals surface area contributed by atoms with Crippen LogP contribution in [0.2, 0.25) is 10.0 Å². The van der Waals surface area contributed by atoms with Gasteiger partial charge in [-0.05, 0) is 69.2 Å². The molecule has 0 spiro atoms. The first-order chi connectivity index (χ1) is 18.4. The van der Waals surface area contributed by atoms with E-state index in [9.17, 15) is 18.0 Å². The lowest BCUT2D eigenvalue weighted by Gasteiger charge is -2.34. The molecule has 0 aliphatic rings. The van der Waals surface area contributed by atoms with Gasteiger partial charge in [0.2, 0.25) is 11.8 Å². The Kier molecular flexibility index (Phi) is 10.4. The summed E-state index contributed by atoms with van der Waals surface area (Å²) in [6, 6.07) is 18.8. The van der Waals surface area contributed by atoms with Gasteiger partial charge >= 0.3 is 0 Å². The Labute approximate surface area is 240 Å². The fourth-order valence-electron chi connectivity index (χ4n) is 4.19. The Bertz CT molecular complexity index is 1390. The van der Waals surface area contributed by atoms with Crippen LogP contribution in [0.4, 0.5) is 5.69 Å². The zero-order chi connectivity index (χ0) is 28.7. The van der Waals surface area contributed by atoms with Gasteiger partial charge in [0.1, 0.15) is 12.6 Å². The Hall–Kier alpha value is -3.07. The summed E-state index contributed by atoms with van der Waals surface area (Å²) in [5, 5.41) is 3.54. The number of anilines is 1. The molecule has 0 heterocycles. The van der Waals surface area contributed by atoms with Crippen molar-refractivity contribution in [3.05, 3.63) is 94.0 Å². The number of hydrogen-bond donors (Lipinski definition) is 1. The second kappa shape index (κ2) is 13.3. The molecule has 1 N–H and O–H groups in total. The van der Waals surface area contributed by atoms with Crippen LogP contribution in [0.15, 0.2) is 77.7 Å². The Morgan fingerprint density at radius 3 is 2.10 bits per heavy atom. The van der Waals surface area contributed by atoms with Crippen LogP contribution in [0.3, 0.4) is 0 Å². The van der Waals surface area contributed by atoms with E-state index in [-0.39, 0.29) is 23.4 Å². The summed E-state index contributed by atoms with van der Waals surface area (Å²) in [7, 11) is -4.13. The van der Waals surface area contributed by atoms with Crippen molar-refractivity contribution in [2.75, 3.05) is 10.8 Å². The minimum atomic E-state index is -4.13. The molecule has 0 saturated heterocycles. The minimum Gasteiger partial charge on any atom is -0.352 e. The van der Waals surface area contributed by atoms with E-state index < -0.39 is 28.5 Å². The van der Waals surface area contributed by atoms with Crippen molar-refractivity contribution < 1.29 is 18.0 Å². The van der Waals surface area contributed by atoms with Crippen molar-refractivity contribution in [2.45, 2.75) is 57.6 Å². The predicted molar refractivity (Wildman–Crippen MR) is 157 cm³/mol. The van der Waals surface area contributed by atoms with E-state index in [1.807, 2.05) is 26.8 Å². The molecule has 0 aromatic heterocycles. The molecule has 10 heteroatoms. The number of amides is 2. The van der Waals surface area contributed by atoms with Crippen molar-refractivity contribution in [3.8, 4) is 0 Å². The van der Waals surface area contributed by atoms with Gasteiger partial charge in [-0.1, -0.05) is 66.5 Å². The number of halogens is 2. The molecule has 0 aliphatic heterocycles. The summed E-state index contributed by atoms with van der Waals surface area (Å²) in [5.41, 5.74) is 1.64. The van der Waals surface area contributed by atoms with Gasteiger partial charge in [0.05, 0.1) is 10.6 Å². The second-order valence-corrected chi connectivity index (χ2v) is 12.1. The van der Waals surface area contributed by atoms with Gasteiger partial charge in [-0.15, -0.1) is 0 Å². The molecule has 0 unspecified atom stereocenters. The summed E-state index contributed by atoms with van der Waals surface area (Å²) in [6.07, 6.45) is 0.294. The Morgan fingerprint density at radius 1 is 0.923 bits per heavy atom. The molecule has 0 fully saturated rings. The third-order valence-corrected chi connectivity index (χ3v) is 8.60. The van der Waals surface area contributed by atoms with E-state index in [1.54, 1.807) is 61.5 Å². The lowest BCUT2D eigenvalue weighted by atomic mass is 10.1. The van der Waals surface area contributed by atoms with E-state index in [4.69, 9.17) is 23.2 Å². The quantitative estimate of drug-likeness (QED) is 0.305. The normalized spacial score (nSPS) is 12.2. The SMILES string of the molecule is CC[C@H](C(=O)NC(C)C)N(Cc1c(Cl)cccc1Cl)C(=O)CN(c1cccc(C)c1)S(=O)(=O)c1ccccc1. The van der Waals surface area contributed by atoms with Gasteiger partial charge in [0.25, 0.3) is 10.0 Å². The number of rotatable bonds is 11. The summed E-state index contributed by atoms with van der Waals surface area (Å²) in [6.45, 7) is 6.68. The van der Waals surface area contributed by atoms with Crippen molar-refractivity contribution in [3.63, 3.8) is 0 Å². The average Bonchev–Trinajstić information content (AvgIpc) is 2.88.